The van der Waals surface area contributed by atoms with Crippen molar-refractivity contribution in [2.45, 2.75) is 26.3 Å². The van der Waals surface area contributed by atoms with E-state index in [0.717, 1.165) is 23.2 Å². The molecular formula is C22H25N5O3. The third-order valence-electron chi connectivity index (χ3n) is 4.62. The van der Waals surface area contributed by atoms with Gasteiger partial charge < -0.3 is 20.1 Å². The van der Waals surface area contributed by atoms with Gasteiger partial charge in [0.25, 0.3) is 0 Å². The summed E-state index contributed by atoms with van der Waals surface area (Å²) in [5.41, 5.74) is 2.85. The molecule has 0 aliphatic heterocycles. The van der Waals surface area contributed by atoms with E-state index in [1.165, 1.54) is 4.90 Å². The summed E-state index contributed by atoms with van der Waals surface area (Å²) in [6, 6.07) is 17.0. The molecule has 3 aromatic rings. The molecule has 0 bridgehead atoms. The normalized spacial score (nSPS) is 10.5. The molecule has 0 spiro atoms. The average Bonchev–Trinajstić information content (AvgIpc) is 3.26. The molecule has 0 atom stereocenters. The van der Waals surface area contributed by atoms with Gasteiger partial charge in [0.2, 0.25) is 0 Å². The summed E-state index contributed by atoms with van der Waals surface area (Å²) < 4.78 is 5.04. The number of rotatable bonds is 8. The van der Waals surface area contributed by atoms with E-state index in [2.05, 4.69) is 20.8 Å². The molecule has 0 radical (unpaired) electrons. The number of carbonyl (C=O) groups excluding carboxylic acids is 2. The predicted octanol–water partition coefficient (Wildman–Crippen LogP) is 3.27. The molecule has 3 rings (SSSR count). The van der Waals surface area contributed by atoms with Gasteiger partial charge in [0.1, 0.15) is 0 Å². The zero-order valence-electron chi connectivity index (χ0n) is 17.1. The molecule has 8 nitrogen and oxygen atoms in total. The highest BCUT2D eigenvalue weighted by Gasteiger charge is 2.16. The van der Waals surface area contributed by atoms with Crippen LogP contribution in [-0.4, -0.2) is 40.6 Å². The largest absolute Gasteiger partial charge is 0.344 e. The van der Waals surface area contributed by atoms with Crippen molar-refractivity contribution in [3.63, 3.8) is 0 Å². The molecule has 2 N–H and O–H groups in total. The molecule has 0 unspecified atom stereocenters. The minimum absolute atomic E-state index is 0.0927. The molecule has 0 fully saturated rings. The zero-order valence-corrected chi connectivity index (χ0v) is 17.1. The molecule has 1 aromatic heterocycles. The second-order valence-electron chi connectivity index (χ2n) is 6.80. The van der Waals surface area contributed by atoms with Crippen molar-refractivity contribution in [2.24, 2.45) is 0 Å². The van der Waals surface area contributed by atoms with Crippen LogP contribution in [0.4, 0.5) is 10.5 Å². The van der Waals surface area contributed by atoms with Crippen molar-refractivity contribution in [1.82, 2.24) is 20.4 Å². The Bertz CT molecular complexity index is 987. The second-order valence-corrected chi connectivity index (χ2v) is 6.80. The van der Waals surface area contributed by atoms with Gasteiger partial charge in [-0.1, -0.05) is 60.6 Å². The third kappa shape index (κ3) is 5.66. The monoisotopic (exact) mass is 407 g/mol. The lowest BCUT2D eigenvalue weighted by atomic mass is 10.1. The maximum Gasteiger partial charge on any atom is 0.321 e. The van der Waals surface area contributed by atoms with Gasteiger partial charge in [-0.25, -0.2) is 4.79 Å². The molecule has 1 heterocycles. The molecule has 8 heteroatoms. The van der Waals surface area contributed by atoms with Crippen LogP contribution >= 0.6 is 0 Å². The van der Waals surface area contributed by atoms with Gasteiger partial charge in [-0.3, -0.25) is 4.79 Å². The van der Waals surface area contributed by atoms with Crippen LogP contribution in [0, 0.1) is 0 Å². The molecule has 30 heavy (non-hydrogen) atoms. The first-order chi connectivity index (χ1) is 14.6. The Balaban J connectivity index is 1.48. The van der Waals surface area contributed by atoms with Gasteiger partial charge in [0, 0.05) is 32.2 Å². The number of para-hydroxylation sites is 1. The number of aromatic nitrogens is 2. The molecule has 0 saturated carbocycles. The number of likely N-dealkylation sites (N-methyl/N-ethyl adjacent to an activating group) is 1. The molecular weight excluding hydrogens is 382 g/mol. The molecule has 156 valence electrons. The highest BCUT2D eigenvalue weighted by atomic mass is 16.5. The van der Waals surface area contributed by atoms with Crippen LogP contribution in [0.2, 0.25) is 0 Å². The first-order valence-corrected chi connectivity index (χ1v) is 9.81. The minimum Gasteiger partial charge on any atom is -0.344 e. The summed E-state index contributed by atoms with van der Waals surface area (Å²) in [6.45, 7) is 2.79. The van der Waals surface area contributed by atoms with Crippen LogP contribution in [0.3, 0.4) is 0 Å². The Morgan fingerprint density at radius 2 is 1.80 bits per heavy atom. The van der Waals surface area contributed by atoms with Crippen molar-refractivity contribution in [3.05, 3.63) is 77.4 Å². The molecule has 0 aliphatic carbocycles. The van der Waals surface area contributed by atoms with Crippen LogP contribution in [-0.2, 0) is 19.4 Å². The number of anilines is 1. The van der Waals surface area contributed by atoms with Crippen molar-refractivity contribution in [1.29, 1.82) is 0 Å². The van der Waals surface area contributed by atoms with Gasteiger partial charge in [-0.05, 0) is 23.6 Å². The third-order valence-corrected chi connectivity index (χ3v) is 4.62. The fourth-order valence-electron chi connectivity index (χ4n) is 2.83. The van der Waals surface area contributed by atoms with Gasteiger partial charge in [-0.2, -0.15) is 4.98 Å². The standard InChI is InChI=1S/C22H25N5O3/c1-3-17-11-7-8-12-18(17)24-22(29)27(2)14-13-19-25-21(30-26-19)20(28)23-15-16-9-5-4-6-10-16/h4-12H,3,13-15H2,1-2H3,(H,23,28)(H,24,29). The number of hydrogen-bond acceptors (Lipinski definition) is 5. The fourth-order valence-corrected chi connectivity index (χ4v) is 2.83. The lowest BCUT2D eigenvalue weighted by Crippen LogP contribution is -2.33. The highest BCUT2D eigenvalue weighted by molar-refractivity contribution is 5.90. The Labute approximate surface area is 175 Å². The smallest absolute Gasteiger partial charge is 0.321 e. The number of urea groups is 1. The van der Waals surface area contributed by atoms with E-state index < -0.39 is 5.91 Å². The van der Waals surface area contributed by atoms with E-state index in [0.29, 0.717) is 25.3 Å². The molecule has 2 aromatic carbocycles. The van der Waals surface area contributed by atoms with E-state index in [1.807, 2.05) is 61.5 Å². The lowest BCUT2D eigenvalue weighted by molar-refractivity contribution is 0.0907. The van der Waals surface area contributed by atoms with Gasteiger partial charge in [0.15, 0.2) is 5.82 Å². The first-order valence-electron chi connectivity index (χ1n) is 9.81. The number of benzene rings is 2. The summed E-state index contributed by atoms with van der Waals surface area (Å²) in [4.78, 5) is 30.2. The quantitative estimate of drug-likeness (QED) is 0.597. The van der Waals surface area contributed by atoms with E-state index in [4.69, 9.17) is 4.52 Å². The Morgan fingerprint density at radius 1 is 1.07 bits per heavy atom. The summed E-state index contributed by atoms with van der Waals surface area (Å²) in [6.07, 6.45) is 1.20. The lowest BCUT2D eigenvalue weighted by Gasteiger charge is -2.18. The Hall–Kier alpha value is -3.68. The van der Waals surface area contributed by atoms with Gasteiger partial charge in [-0.15, -0.1) is 0 Å². The number of aryl methyl sites for hydroxylation is 1. The Kier molecular flexibility index (Phi) is 7.15. The summed E-state index contributed by atoms with van der Waals surface area (Å²) >= 11 is 0. The zero-order chi connectivity index (χ0) is 21.3. The maximum absolute atomic E-state index is 12.4. The number of nitrogens with one attached hydrogen (secondary N) is 2. The first kappa shape index (κ1) is 21.0. The van der Waals surface area contributed by atoms with E-state index >= 15 is 0 Å². The highest BCUT2D eigenvalue weighted by Crippen LogP contribution is 2.15. The van der Waals surface area contributed by atoms with Crippen LogP contribution in [0.5, 0.6) is 0 Å². The average molecular weight is 407 g/mol. The van der Waals surface area contributed by atoms with E-state index in [9.17, 15) is 9.59 Å². The SMILES string of the molecule is CCc1ccccc1NC(=O)N(C)CCc1noc(C(=O)NCc2ccccc2)n1. The number of hydrogen-bond donors (Lipinski definition) is 2. The number of nitrogens with zero attached hydrogens (tertiary/aromatic N) is 3. The Morgan fingerprint density at radius 3 is 2.57 bits per heavy atom. The fraction of sp³-hybridized carbons (Fsp3) is 0.273. The van der Waals surface area contributed by atoms with E-state index in [-0.39, 0.29) is 11.9 Å². The number of carbonyl (C=O) groups is 2. The van der Waals surface area contributed by atoms with Crippen molar-refractivity contribution in [2.75, 3.05) is 18.9 Å². The summed E-state index contributed by atoms with van der Waals surface area (Å²) in [5, 5.41) is 9.48. The van der Waals surface area contributed by atoms with Gasteiger partial charge in [0.05, 0.1) is 0 Å². The molecule has 0 aliphatic rings. The van der Waals surface area contributed by atoms with Crippen molar-refractivity contribution >= 4 is 17.6 Å². The van der Waals surface area contributed by atoms with Crippen molar-refractivity contribution in [3.8, 4) is 0 Å². The van der Waals surface area contributed by atoms with Crippen molar-refractivity contribution < 1.29 is 14.1 Å². The maximum atomic E-state index is 12.4. The molecule has 0 saturated heterocycles. The summed E-state index contributed by atoms with van der Waals surface area (Å²) in [7, 11) is 1.69. The van der Waals surface area contributed by atoms with Crippen LogP contribution in [0.15, 0.2) is 59.1 Å². The van der Waals surface area contributed by atoms with Crippen LogP contribution in [0.25, 0.3) is 0 Å². The topological polar surface area (TPSA) is 100 Å². The van der Waals surface area contributed by atoms with Crippen LogP contribution < -0.4 is 10.6 Å². The van der Waals surface area contributed by atoms with Crippen LogP contribution in [0.1, 0.15) is 34.6 Å². The molecule has 3 amide bonds. The summed E-state index contributed by atoms with van der Waals surface area (Å²) in [5.74, 6) is -0.154. The van der Waals surface area contributed by atoms with E-state index in [1.54, 1.807) is 7.05 Å². The minimum atomic E-state index is -0.431. The van der Waals surface area contributed by atoms with Gasteiger partial charge >= 0.3 is 17.8 Å². The second kappa shape index (κ2) is 10.2. The predicted molar refractivity (Wildman–Crippen MR) is 113 cm³/mol. The number of amides is 3.